The maximum atomic E-state index is 11.9. The number of unbranched alkanes of at least 4 members (excludes halogenated alkanes) is 1. The summed E-state index contributed by atoms with van der Waals surface area (Å²) in [5.74, 6) is -0.694. The first kappa shape index (κ1) is 16.8. The van der Waals surface area contributed by atoms with Crippen molar-refractivity contribution < 1.29 is 19.4 Å². The fraction of sp³-hybridized carbons (Fsp3) is 0.857. The Labute approximate surface area is 120 Å². The van der Waals surface area contributed by atoms with Gasteiger partial charge in [0.15, 0.2) is 0 Å². The van der Waals surface area contributed by atoms with Gasteiger partial charge < -0.3 is 20.1 Å². The Morgan fingerprint density at radius 1 is 1.40 bits per heavy atom. The zero-order valence-corrected chi connectivity index (χ0v) is 12.4. The van der Waals surface area contributed by atoms with Crippen molar-refractivity contribution in [2.75, 3.05) is 26.2 Å². The van der Waals surface area contributed by atoms with Crippen molar-refractivity contribution in [3.8, 4) is 0 Å². The fourth-order valence-electron chi connectivity index (χ4n) is 2.28. The van der Waals surface area contributed by atoms with Gasteiger partial charge in [0.2, 0.25) is 0 Å². The van der Waals surface area contributed by atoms with E-state index in [0.29, 0.717) is 19.6 Å². The lowest BCUT2D eigenvalue weighted by molar-refractivity contribution is -0.138. The number of nitrogens with zero attached hydrogens (tertiary/aromatic N) is 1. The van der Waals surface area contributed by atoms with Gasteiger partial charge in [-0.1, -0.05) is 0 Å². The Morgan fingerprint density at radius 3 is 2.80 bits per heavy atom. The number of amides is 2. The molecule has 0 aromatic rings. The molecular formula is C14H26N2O4. The highest BCUT2D eigenvalue weighted by Crippen LogP contribution is 2.19. The lowest BCUT2D eigenvalue weighted by Crippen LogP contribution is -2.39. The maximum absolute atomic E-state index is 11.9. The summed E-state index contributed by atoms with van der Waals surface area (Å²) < 4.78 is 5.42. The highest BCUT2D eigenvalue weighted by molar-refractivity contribution is 5.74. The van der Waals surface area contributed by atoms with Crippen molar-refractivity contribution in [1.29, 1.82) is 0 Å². The Balaban J connectivity index is 2.07. The summed E-state index contributed by atoms with van der Waals surface area (Å²) in [7, 11) is 0. The number of urea groups is 1. The molecule has 1 saturated heterocycles. The first-order chi connectivity index (χ1) is 9.49. The second-order valence-corrected chi connectivity index (χ2v) is 5.56. The third kappa shape index (κ3) is 6.75. The number of carbonyl (C=O) groups is 2. The van der Waals surface area contributed by atoms with E-state index in [9.17, 15) is 9.59 Å². The summed E-state index contributed by atoms with van der Waals surface area (Å²) in [5, 5.41) is 11.6. The summed E-state index contributed by atoms with van der Waals surface area (Å²) in [4.78, 5) is 24.2. The van der Waals surface area contributed by atoms with E-state index >= 15 is 0 Å². The number of hydrogen-bond acceptors (Lipinski definition) is 3. The standard InChI is InChI=1S/C14H26N2O4/c1-11(2)20-8-4-3-6-15-14(19)16-7-5-12(10-16)9-13(17)18/h11-12H,3-10H2,1-2H3,(H,15,19)(H,17,18). The van der Waals surface area contributed by atoms with Gasteiger partial charge in [0.05, 0.1) is 6.10 Å². The second-order valence-electron chi connectivity index (χ2n) is 5.56. The average Bonchev–Trinajstić information content (AvgIpc) is 2.80. The quantitative estimate of drug-likeness (QED) is 0.666. The molecule has 1 heterocycles. The number of carbonyl (C=O) groups excluding carboxylic acids is 1. The fourth-order valence-corrected chi connectivity index (χ4v) is 2.28. The highest BCUT2D eigenvalue weighted by atomic mass is 16.5. The van der Waals surface area contributed by atoms with Crippen LogP contribution in [0.4, 0.5) is 4.79 Å². The predicted octanol–water partition coefficient (Wildman–Crippen LogP) is 1.70. The van der Waals surface area contributed by atoms with Crippen LogP contribution in [0.3, 0.4) is 0 Å². The van der Waals surface area contributed by atoms with Crippen molar-refractivity contribution >= 4 is 12.0 Å². The number of rotatable bonds is 8. The van der Waals surface area contributed by atoms with Gasteiger partial charge in [-0.2, -0.15) is 0 Å². The van der Waals surface area contributed by atoms with Crippen molar-refractivity contribution in [2.24, 2.45) is 5.92 Å². The topological polar surface area (TPSA) is 78.9 Å². The molecule has 0 bridgehead atoms. The van der Waals surface area contributed by atoms with Crippen LogP contribution in [0.2, 0.25) is 0 Å². The molecule has 0 saturated carbocycles. The van der Waals surface area contributed by atoms with Gasteiger partial charge in [0.1, 0.15) is 0 Å². The maximum Gasteiger partial charge on any atom is 0.317 e. The molecule has 0 aliphatic carbocycles. The largest absolute Gasteiger partial charge is 0.481 e. The molecule has 6 heteroatoms. The van der Waals surface area contributed by atoms with E-state index < -0.39 is 5.97 Å². The zero-order chi connectivity index (χ0) is 15.0. The number of aliphatic carboxylic acids is 1. The molecule has 20 heavy (non-hydrogen) atoms. The van der Waals surface area contributed by atoms with Crippen molar-refractivity contribution in [3.05, 3.63) is 0 Å². The van der Waals surface area contributed by atoms with Gasteiger partial charge in [-0.15, -0.1) is 0 Å². The first-order valence-corrected chi connectivity index (χ1v) is 7.35. The Kier molecular flexibility index (Phi) is 7.36. The molecule has 0 aromatic heterocycles. The van der Waals surface area contributed by atoms with E-state index in [-0.39, 0.29) is 24.5 Å². The minimum absolute atomic E-state index is 0.0809. The molecule has 1 aliphatic rings. The molecule has 2 N–H and O–H groups in total. The molecule has 116 valence electrons. The molecule has 1 rings (SSSR count). The van der Waals surface area contributed by atoms with Crippen LogP contribution in [0.1, 0.15) is 39.5 Å². The van der Waals surface area contributed by atoms with Gasteiger partial charge in [0.25, 0.3) is 0 Å². The molecule has 1 unspecified atom stereocenters. The number of hydrogen-bond donors (Lipinski definition) is 2. The summed E-state index contributed by atoms with van der Waals surface area (Å²) in [6, 6.07) is -0.0809. The number of carboxylic acids is 1. The van der Waals surface area contributed by atoms with Crippen LogP contribution in [0, 0.1) is 5.92 Å². The van der Waals surface area contributed by atoms with E-state index in [1.54, 1.807) is 4.90 Å². The third-order valence-electron chi connectivity index (χ3n) is 3.33. The molecule has 0 aromatic carbocycles. The van der Waals surface area contributed by atoms with Crippen molar-refractivity contribution in [3.63, 3.8) is 0 Å². The average molecular weight is 286 g/mol. The monoisotopic (exact) mass is 286 g/mol. The van der Waals surface area contributed by atoms with E-state index in [0.717, 1.165) is 25.9 Å². The molecule has 6 nitrogen and oxygen atoms in total. The second kappa shape index (κ2) is 8.79. The van der Waals surface area contributed by atoms with E-state index in [4.69, 9.17) is 9.84 Å². The van der Waals surface area contributed by atoms with Crippen LogP contribution in [0.5, 0.6) is 0 Å². The number of likely N-dealkylation sites (tertiary alicyclic amines) is 1. The number of nitrogens with one attached hydrogen (secondary N) is 1. The van der Waals surface area contributed by atoms with Gasteiger partial charge in [-0.05, 0) is 39.0 Å². The summed E-state index contributed by atoms with van der Waals surface area (Å²) in [6.45, 7) is 6.57. The van der Waals surface area contributed by atoms with E-state index in [1.165, 1.54) is 0 Å². The van der Waals surface area contributed by atoms with Crippen LogP contribution in [0.15, 0.2) is 0 Å². The molecule has 1 atom stereocenters. The molecule has 0 spiro atoms. The normalized spacial score (nSPS) is 18.6. The molecule has 0 radical (unpaired) electrons. The Morgan fingerprint density at radius 2 is 2.15 bits per heavy atom. The minimum Gasteiger partial charge on any atom is -0.481 e. The van der Waals surface area contributed by atoms with Crippen LogP contribution < -0.4 is 5.32 Å². The summed E-state index contributed by atoms with van der Waals surface area (Å²) in [6.07, 6.45) is 3.00. The van der Waals surface area contributed by atoms with Crippen molar-refractivity contribution in [1.82, 2.24) is 10.2 Å². The lowest BCUT2D eigenvalue weighted by atomic mass is 10.1. The lowest BCUT2D eigenvalue weighted by Gasteiger charge is -2.17. The summed E-state index contributed by atoms with van der Waals surface area (Å²) >= 11 is 0. The van der Waals surface area contributed by atoms with Crippen molar-refractivity contribution in [2.45, 2.75) is 45.6 Å². The van der Waals surface area contributed by atoms with Crippen LogP contribution in [-0.4, -0.2) is 54.4 Å². The van der Waals surface area contributed by atoms with Gasteiger partial charge in [0, 0.05) is 32.7 Å². The Hall–Kier alpha value is -1.30. The van der Waals surface area contributed by atoms with Gasteiger partial charge in [-0.25, -0.2) is 4.79 Å². The number of ether oxygens (including phenoxy) is 1. The minimum atomic E-state index is -0.789. The molecule has 1 aliphatic heterocycles. The Bertz CT molecular complexity index is 320. The summed E-state index contributed by atoms with van der Waals surface area (Å²) in [5.41, 5.74) is 0. The van der Waals surface area contributed by atoms with Crippen LogP contribution in [-0.2, 0) is 9.53 Å². The van der Waals surface area contributed by atoms with E-state index in [2.05, 4.69) is 5.32 Å². The van der Waals surface area contributed by atoms with Crippen LogP contribution in [0.25, 0.3) is 0 Å². The zero-order valence-electron chi connectivity index (χ0n) is 12.4. The molecular weight excluding hydrogens is 260 g/mol. The SMILES string of the molecule is CC(C)OCCCCNC(=O)N1CCC(CC(=O)O)C1. The molecule has 2 amide bonds. The third-order valence-corrected chi connectivity index (χ3v) is 3.33. The predicted molar refractivity (Wildman–Crippen MR) is 75.7 cm³/mol. The highest BCUT2D eigenvalue weighted by Gasteiger charge is 2.27. The van der Waals surface area contributed by atoms with E-state index in [1.807, 2.05) is 13.8 Å². The smallest absolute Gasteiger partial charge is 0.317 e. The first-order valence-electron chi connectivity index (χ1n) is 7.35. The van der Waals surface area contributed by atoms with Gasteiger partial charge in [-0.3, -0.25) is 4.79 Å². The molecule has 1 fully saturated rings. The van der Waals surface area contributed by atoms with Gasteiger partial charge >= 0.3 is 12.0 Å². The number of carboxylic acid groups (broad SMARTS) is 1. The van der Waals surface area contributed by atoms with Crippen LogP contribution >= 0.6 is 0 Å².